The Kier molecular flexibility index (Phi) is 6.44. The normalized spacial score (nSPS) is 10.9. The predicted octanol–water partition coefficient (Wildman–Crippen LogP) is 4.69. The molecule has 1 aromatic carbocycles. The van der Waals surface area contributed by atoms with Crippen LogP contribution < -0.4 is 0 Å². The molecule has 0 fully saturated rings. The summed E-state index contributed by atoms with van der Waals surface area (Å²) >= 11 is 7.65. The van der Waals surface area contributed by atoms with Crippen molar-refractivity contribution in [2.75, 3.05) is 19.0 Å². The number of hydrogen-bond donors (Lipinski definition) is 0. The van der Waals surface area contributed by atoms with Gasteiger partial charge in [0, 0.05) is 23.7 Å². The van der Waals surface area contributed by atoms with E-state index in [1.54, 1.807) is 0 Å². The lowest BCUT2D eigenvalue weighted by Crippen LogP contribution is -2.24. The Morgan fingerprint density at radius 3 is 2.78 bits per heavy atom. The third kappa shape index (κ3) is 3.61. The molecule has 2 aromatic rings. The SMILES string of the molecule is CCN(CCCl)Cc1csc2cc(C)ccc12.Cl. The molecule has 1 aromatic heterocycles. The van der Waals surface area contributed by atoms with Crippen molar-refractivity contribution < 1.29 is 0 Å². The van der Waals surface area contributed by atoms with E-state index >= 15 is 0 Å². The van der Waals surface area contributed by atoms with Crippen LogP contribution in [0.25, 0.3) is 10.1 Å². The lowest BCUT2D eigenvalue weighted by Gasteiger charge is -2.18. The van der Waals surface area contributed by atoms with E-state index in [9.17, 15) is 0 Å². The molecule has 0 radical (unpaired) electrons. The van der Waals surface area contributed by atoms with Gasteiger partial charge >= 0.3 is 0 Å². The molecule has 100 valence electrons. The zero-order valence-corrected chi connectivity index (χ0v) is 13.2. The average Bonchev–Trinajstić information content (AvgIpc) is 2.71. The molecule has 0 bridgehead atoms. The first-order valence-corrected chi connectivity index (χ1v) is 7.41. The van der Waals surface area contributed by atoms with E-state index in [0.717, 1.165) is 19.6 Å². The molecule has 0 unspecified atom stereocenters. The number of aryl methyl sites for hydroxylation is 1. The van der Waals surface area contributed by atoms with Gasteiger partial charge in [0.05, 0.1) is 0 Å². The third-order valence-electron chi connectivity index (χ3n) is 3.05. The smallest absolute Gasteiger partial charge is 0.0351 e. The van der Waals surface area contributed by atoms with Crippen molar-refractivity contribution in [3.63, 3.8) is 0 Å². The monoisotopic (exact) mass is 303 g/mol. The van der Waals surface area contributed by atoms with Gasteiger partial charge in [-0.3, -0.25) is 4.90 Å². The molecule has 0 aliphatic rings. The van der Waals surface area contributed by atoms with Gasteiger partial charge in [-0.1, -0.05) is 19.1 Å². The van der Waals surface area contributed by atoms with Crippen LogP contribution in [-0.4, -0.2) is 23.9 Å². The largest absolute Gasteiger partial charge is 0.298 e. The molecule has 0 saturated heterocycles. The molecule has 4 heteroatoms. The van der Waals surface area contributed by atoms with Crippen molar-refractivity contribution in [3.05, 3.63) is 34.7 Å². The summed E-state index contributed by atoms with van der Waals surface area (Å²) in [6.45, 7) is 7.35. The number of rotatable bonds is 5. The van der Waals surface area contributed by atoms with Crippen molar-refractivity contribution in [2.45, 2.75) is 20.4 Å². The van der Waals surface area contributed by atoms with E-state index < -0.39 is 0 Å². The summed E-state index contributed by atoms with van der Waals surface area (Å²) in [6.07, 6.45) is 0. The topological polar surface area (TPSA) is 3.24 Å². The van der Waals surface area contributed by atoms with Crippen LogP contribution in [0.1, 0.15) is 18.1 Å². The van der Waals surface area contributed by atoms with Crippen LogP contribution in [0.5, 0.6) is 0 Å². The summed E-state index contributed by atoms with van der Waals surface area (Å²) in [7, 11) is 0. The highest BCUT2D eigenvalue weighted by atomic mass is 35.5. The van der Waals surface area contributed by atoms with Gasteiger partial charge in [-0.15, -0.1) is 35.3 Å². The summed E-state index contributed by atoms with van der Waals surface area (Å²) in [5.41, 5.74) is 2.76. The molecule has 1 heterocycles. The number of hydrogen-bond acceptors (Lipinski definition) is 2. The minimum absolute atomic E-state index is 0. The molecule has 0 aliphatic carbocycles. The van der Waals surface area contributed by atoms with Crippen LogP contribution >= 0.6 is 35.3 Å². The minimum atomic E-state index is 0. The number of nitrogens with zero attached hydrogens (tertiary/aromatic N) is 1. The zero-order valence-electron chi connectivity index (χ0n) is 10.8. The first-order valence-electron chi connectivity index (χ1n) is 5.99. The standard InChI is InChI=1S/C14H18ClNS.ClH/c1-3-16(7-6-15)9-12-10-17-14-8-11(2)4-5-13(12)14;/h4-5,8,10H,3,6-7,9H2,1-2H3;1H. The second kappa shape index (κ2) is 7.34. The fraction of sp³-hybridized carbons (Fsp3) is 0.429. The number of fused-ring (bicyclic) bond motifs is 1. The Bertz CT molecular complexity index is 495. The highest BCUT2D eigenvalue weighted by molar-refractivity contribution is 7.17. The van der Waals surface area contributed by atoms with Crippen LogP contribution in [0.3, 0.4) is 0 Å². The Morgan fingerprint density at radius 1 is 1.33 bits per heavy atom. The molecule has 0 N–H and O–H groups in total. The fourth-order valence-corrected chi connectivity index (χ4v) is 3.31. The summed E-state index contributed by atoms with van der Waals surface area (Å²) in [5.74, 6) is 0.703. The van der Waals surface area contributed by atoms with Crippen molar-refractivity contribution in [3.8, 4) is 0 Å². The number of benzene rings is 1. The maximum absolute atomic E-state index is 5.82. The Balaban J connectivity index is 0.00000162. The van der Waals surface area contributed by atoms with Crippen LogP contribution in [-0.2, 0) is 6.54 Å². The van der Waals surface area contributed by atoms with Gasteiger partial charge < -0.3 is 0 Å². The lowest BCUT2D eigenvalue weighted by molar-refractivity contribution is 0.299. The molecular weight excluding hydrogens is 285 g/mol. The van der Waals surface area contributed by atoms with E-state index in [1.165, 1.54) is 21.2 Å². The maximum atomic E-state index is 5.82. The number of alkyl halides is 1. The third-order valence-corrected chi connectivity index (χ3v) is 4.22. The van der Waals surface area contributed by atoms with Gasteiger partial charge in [-0.05, 0) is 41.4 Å². The zero-order chi connectivity index (χ0) is 12.3. The Morgan fingerprint density at radius 2 is 2.11 bits per heavy atom. The summed E-state index contributed by atoms with van der Waals surface area (Å²) < 4.78 is 1.39. The van der Waals surface area contributed by atoms with Crippen molar-refractivity contribution in [1.82, 2.24) is 4.90 Å². The van der Waals surface area contributed by atoms with E-state index in [0.29, 0.717) is 5.88 Å². The van der Waals surface area contributed by atoms with Gasteiger partial charge in [0.25, 0.3) is 0 Å². The molecular formula is C14H19Cl2NS. The summed E-state index contributed by atoms with van der Waals surface area (Å²) in [5, 5.41) is 3.68. The molecule has 1 nitrogen and oxygen atoms in total. The van der Waals surface area contributed by atoms with E-state index in [-0.39, 0.29) is 12.4 Å². The fourth-order valence-electron chi connectivity index (χ4n) is 2.02. The highest BCUT2D eigenvalue weighted by Crippen LogP contribution is 2.27. The van der Waals surface area contributed by atoms with Crippen LogP contribution in [0, 0.1) is 6.92 Å². The quantitative estimate of drug-likeness (QED) is 0.724. The molecule has 0 aliphatic heterocycles. The molecule has 0 spiro atoms. The van der Waals surface area contributed by atoms with E-state index in [1.807, 2.05) is 11.3 Å². The number of thiophene rings is 1. The first-order chi connectivity index (χ1) is 8.24. The van der Waals surface area contributed by atoms with Gasteiger partial charge in [0.1, 0.15) is 0 Å². The molecule has 0 saturated carbocycles. The van der Waals surface area contributed by atoms with Crippen LogP contribution in [0.15, 0.2) is 23.6 Å². The Hall–Kier alpha value is -0.280. The molecule has 2 rings (SSSR count). The second-order valence-electron chi connectivity index (χ2n) is 4.32. The summed E-state index contributed by atoms with van der Waals surface area (Å²) in [6, 6.07) is 6.70. The van der Waals surface area contributed by atoms with E-state index in [4.69, 9.17) is 11.6 Å². The molecule has 18 heavy (non-hydrogen) atoms. The van der Waals surface area contributed by atoms with Gasteiger partial charge in [0.15, 0.2) is 0 Å². The number of halogens is 2. The van der Waals surface area contributed by atoms with Crippen molar-refractivity contribution in [2.24, 2.45) is 0 Å². The van der Waals surface area contributed by atoms with Gasteiger partial charge in [-0.25, -0.2) is 0 Å². The van der Waals surface area contributed by atoms with Crippen LogP contribution in [0.4, 0.5) is 0 Å². The predicted molar refractivity (Wildman–Crippen MR) is 85.5 cm³/mol. The molecule has 0 atom stereocenters. The van der Waals surface area contributed by atoms with Crippen molar-refractivity contribution in [1.29, 1.82) is 0 Å². The highest BCUT2D eigenvalue weighted by Gasteiger charge is 2.08. The molecule has 0 amide bonds. The second-order valence-corrected chi connectivity index (χ2v) is 5.61. The van der Waals surface area contributed by atoms with Gasteiger partial charge in [-0.2, -0.15) is 0 Å². The average molecular weight is 304 g/mol. The lowest BCUT2D eigenvalue weighted by atomic mass is 10.1. The Labute approximate surface area is 124 Å². The first kappa shape index (κ1) is 15.8. The minimum Gasteiger partial charge on any atom is -0.298 e. The van der Waals surface area contributed by atoms with E-state index in [2.05, 4.69) is 42.3 Å². The summed E-state index contributed by atoms with van der Waals surface area (Å²) in [4.78, 5) is 2.38. The van der Waals surface area contributed by atoms with Crippen molar-refractivity contribution >= 4 is 45.4 Å². The van der Waals surface area contributed by atoms with Gasteiger partial charge in [0.2, 0.25) is 0 Å². The van der Waals surface area contributed by atoms with Crippen LogP contribution in [0.2, 0.25) is 0 Å². The maximum Gasteiger partial charge on any atom is 0.0351 e.